The van der Waals surface area contributed by atoms with E-state index in [2.05, 4.69) is 56.5 Å². The Morgan fingerprint density at radius 2 is 1.77 bits per heavy atom. The number of anilines is 1. The largest absolute Gasteiger partial charge is 0.326 e. The highest BCUT2D eigenvalue weighted by molar-refractivity contribution is 5.93. The van der Waals surface area contributed by atoms with Crippen LogP contribution in [0.1, 0.15) is 63.5 Å². The molecule has 1 aromatic carbocycles. The normalized spacial score (nSPS) is 15.7. The van der Waals surface area contributed by atoms with E-state index in [4.69, 9.17) is 0 Å². The van der Waals surface area contributed by atoms with Crippen LogP contribution in [0.4, 0.5) is 5.69 Å². The van der Waals surface area contributed by atoms with Gasteiger partial charge in [0.2, 0.25) is 5.91 Å². The molecule has 0 aliphatic carbocycles. The standard InChI is InChI=1S/C18H28N2O.ClH/c1-12(2)15-5-6-17(16(11-15)13(3)4)20-18(21)14-7-9-19-10-8-14;/h5-6,11-14,19H,7-10H2,1-4H3,(H,20,21);1H. The topological polar surface area (TPSA) is 41.1 Å². The van der Waals surface area contributed by atoms with Gasteiger partial charge in [-0.3, -0.25) is 4.79 Å². The molecule has 2 N–H and O–H groups in total. The van der Waals surface area contributed by atoms with Gasteiger partial charge >= 0.3 is 0 Å². The second kappa shape index (κ2) is 8.54. The van der Waals surface area contributed by atoms with E-state index in [-0.39, 0.29) is 24.2 Å². The van der Waals surface area contributed by atoms with Crippen LogP contribution in [0.3, 0.4) is 0 Å². The van der Waals surface area contributed by atoms with Crippen molar-refractivity contribution in [2.24, 2.45) is 5.92 Å². The average molecular weight is 325 g/mol. The first kappa shape index (κ1) is 19.0. The molecule has 1 heterocycles. The van der Waals surface area contributed by atoms with Gasteiger partial charge in [0.15, 0.2) is 0 Å². The maximum absolute atomic E-state index is 12.4. The lowest BCUT2D eigenvalue weighted by Gasteiger charge is -2.23. The Balaban J connectivity index is 0.00000242. The third-order valence-electron chi connectivity index (χ3n) is 4.33. The molecule has 0 bridgehead atoms. The minimum Gasteiger partial charge on any atom is -0.326 e. The molecule has 1 fully saturated rings. The minimum absolute atomic E-state index is 0. The van der Waals surface area contributed by atoms with E-state index < -0.39 is 0 Å². The van der Waals surface area contributed by atoms with Crippen molar-refractivity contribution in [1.29, 1.82) is 0 Å². The zero-order valence-corrected chi connectivity index (χ0v) is 14.9. The fourth-order valence-corrected chi connectivity index (χ4v) is 2.85. The van der Waals surface area contributed by atoms with Crippen LogP contribution in [0.5, 0.6) is 0 Å². The lowest BCUT2D eigenvalue weighted by atomic mass is 9.93. The highest BCUT2D eigenvalue weighted by Crippen LogP contribution is 2.29. The number of carbonyl (C=O) groups is 1. The number of benzene rings is 1. The molecule has 124 valence electrons. The van der Waals surface area contributed by atoms with Gasteiger partial charge in [0, 0.05) is 11.6 Å². The molecule has 22 heavy (non-hydrogen) atoms. The Kier molecular flexibility index (Phi) is 7.37. The van der Waals surface area contributed by atoms with Gasteiger partial charge in [-0.1, -0.05) is 39.8 Å². The van der Waals surface area contributed by atoms with E-state index in [0.717, 1.165) is 31.6 Å². The summed E-state index contributed by atoms with van der Waals surface area (Å²) in [7, 11) is 0. The van der Waals surface area contributed by atoms with Crippen LogP contribution in [0.25, 0.3) is 0 Å². The highest BCUT2D eigenvalue weighted by atomic mass is 35.5. The molecule has 0 aromatic heterocycles. The number of hydrogen-bond donors (Lipinski definition) is 2. The number of piperidine rings is 1. The molecule has 1 amide bonds. The van der Waals surface area contributed by atoms with Crippen LogP contribution < -0.4 is 10.6 Å². The number of nitrogens with one attached hydrogen (secondary N) is 2. The zero-order chi connectivity index (χ0) is 15.4. The van der Waals surface area contributed by atoms with Crippen LogP contribution in [-0.4, -0.2) is 19.0 Å². The van der Waals surface area contributed by atoms with E-state index in [9.17, 15) is 4.79 Å². The Labute approximate surface area is 140 Å². The van der Waals surface area contributed by atoms with Crippen molar-refractivity contribution < 1.29 is 4.79 Å². The molecule has 0 saturated carbocycles. The highest BCUT2D eigenvalue weighted by Gasteiger charge is 2.22. The Morgan fingerprint density at radius 1 is 1.14 bits per heavy atom. The lowest BCUT2D eigenvalue weighted by Crippen LogP contribution is -2.34. The van der Waals surface area contributed by atoms with Crippen LogP contribution in [0.15, 0.2) is 18.2 Å². The van der Waals surface area contributed by atoms with Gasteiger partial charge in [0.1, 0.15) is 0 Å². The third kappa shape index (κ3) is 4.72. The quantitative estimate of drug-likeness (QED) is 0.867. The molecule has 0 spiro atoms. The second-order valence-corrected chi connectivity index (χ2v) is 6.67. The molecule has 4 heteroatoms. The first-order valence-electron chi connectivity index (χ1n) is 8.14. The average Bonchev–Trinajstić information content (AvgIpc) is 2.48. The number of rotatable bonds is 4. The van der Waals surface area contributed by atoms with E-state index in [1.165, 1.54) is 11.1 Å². The summed E-state index contributed by atoms with van der Waals surface area (Å²) in [6.07, 6.45) is 1.87. The fraction of sp³-hybridized carbons (Fsp3) is 0.611. The first-order chi connectivity index (χ1) is 9.99. The molecule has 0 radical (unpaired) electrons. The van der Waals surface area contributed by atoms with Crippen LogP contribution in [0.2, 0.25) is 0 Å². The lowest BCUT2D eigenvalue weighted by molar-refractivity contribution is -0.120. The van der Waals surface area contributed by atoms with Gasteiger partial charge in [-0.2, -0.15) is 0 Å². The van der Waals surface area contributed by atoms with Crippen LogP contribution in [0, 0.1) is 5.92 Å². The molecule has 1 aliphatic heterocycles. The SMILES string of the molecule is CC(C)c1ccc(NC(=O)C2CCNCC2)c(C(C)C)c1.Cl. The predicted octanol–water partition coefficient (Wildman–Crippen LogP) is 4.29. The maximum atomic E-state index is 12.4. The van der Waals surface area contributed by atoms with Crippen molar-refractivity contribution in [1.82, 2.24) is 5.32 Å². The van der Waals surface area contributed by atoms with Gasteiger partial charge < -0.3 is 10.6 Å². The van der Waals surface area contributed by atoms with Crippen LogP contribution in [-0.2, 0) is 4.79 Å². The maximum Gasteiger partial charge on any atom is 0.227 e. The molecule has 2 rings (SSSR count). The Hall–Kier alpha value is -1.06. The zero-order valence-electron chi connectivity index (χ0n) is 14.1. The molecular formula is C18H29ClN2O. The summed E-state index contributed by atoms with van der Waals surface area (Å²) in [4.78, 5) is 12.4. The monoisotopic (exact) mass is 324 g/mol. The summed E-state index contributed by atoms with van der Waals surface area (Å²) in [5, 5.41) is 6.46. The number of halogens is 1. The summed E-state index contributed by atoms with van der Waals surface area (Å²) in [6, 6.07) is 6.45. The van der Waals surface area contributed by atoms with Gasteiger partial charge in [-0.25, -0.2) is 0 Å². The van der Waals surface area contributed by atoms with E-state index in [0.29, 0.717) is 11.8 Å². The summed E-state index contributed by atoms with van der Waals surface area (Å²) < 4.78 is 0. The summed E-state index contributed by atoms with van der Waals surface area (Å²) in [5.41, 5.74) is 3.56. The fourth-order valence-electron chi connectivity index (χ4n) is 2.85. The van der Waals surface area contributed by atoms with Crippen molar-refractivity contribution in [3.8, 4) is 0 Å². The summed E-state index contributed by atoms with van der Waals surface area (Å²) >= 11 is 0. The molecule has 1 saturated heterocycles. The molecule has 0 unspecified atom stereocenters. The molecule has 1 aromatic rings. The van der Waals surface area contributed by atoms with Crippen molar-refractivity contribution in [3.63, 3.8) is 0 Å². The van der Waals surface area contributed by atoms with Crippen LogP contribution >= 0.6 is 12.4 Å². The number of amides is 1. The number of hydrogen-bond acceptors (Lipinski definition) is 2. The summed E-state index contributed by atoms with van der Waals surface area (Å²) in [6.45, 7) is 10.7. The van der Waals surface area contributed by atoms with Gasteiger partial charge in [0.25, 0.3) is 0 Å². The molecule has 0 atom stereocenters. The predicted molar refractivity (Wildman–Crippen MR) is 96.1 cm³/mol. The van der Waals surface area contributed by atoms with Gasteiger partial charge in [0.05, 0.1) is 0 Å². The van der Waals surface area contributed by atoms with Crippen molar-refractivity contribution >= 4 is 24.0 Å². The van der Waals surface area contributed by atoms with Gasteiger partial charge in [-0.15, -0.1) is 12.4 Å². The molecule has 3 nitrogen and oxygen atoms in total. The van der Waals surface area contributed by atoms with Crippen molar-refractivity contribution in [3.05, 3.63) is 29.3 Å². The smallest absolute Gasteiger partial charge is 0.227 e. The van der Waals surface area contributed by atoms with Crippen molar-refractivity contribution in [2.75, 3.05) is 18.4 Å². The first-order valence-corrected chi connectivity index (χ1v) is 8.14. The third-order valence-corrected chi connectivity index (χ3v) is 4.33. The number of carbonyl (C=O) groups excluding carboxylic acids is 1. The second-order valence-electron chi connectivity index (χ2n) is 6.67. The molecular weight excluding hydrogens is 296 g/mol. The van der Waals surface area contributed by atoms with Crippen molar-refractivity contribution in [2.45, 2.75) is 52.4 Å². The minimum atomic E-state index is 0. The van der Waals surface area contributed by atoms with E-state index in [1.54, 1.807) is 0 Å². The molecule has 1 aliphatic rings. The van der Waals surface area contributed by atoms with E-state index >= 15 is 0 Å². The summed E-state index contributed by atoms with van der Waals surface area (Å²) in [5.74, 6) is 1.25. The Bertz CT molecular complexity index is 494. The van der Waals surface area contributed by atoms with E-state index in [1.807, 2.05) is 0 Å². The van der Waals surface area contributed by atoms with Gasteiger partial charge in [-0.05, 0) is 55.0 Å². The Morgan fingerprint density at radius 3 is 2.32 bits per heavy atom.